The van der Waals surface area contributed by atoms with Gasteiger partial charge in [-0.1, -0.05) is 12.2 Å². The molecule has 0 bridgehead atoms. The molecule has 0 aliphatic heterocycles. The van der Waals surface area contributed by atoms with Crippen LogP contribution in [-0.2, 0) is 6.42 Å². The minimum absolute atomic E-state index is 0.00906. The van der Waals surface area contributed by atoms with E-state index in [-0.39, 0.29) is 18.2 Å². The van der Waals surface area contributed by atoms with Gasteiger partial charge in [-0.25, -0.2) is 4.39 Å². The zero-order chi connectivity index (χ0) is 10.4. The molecule has 0 amide bonds. The van der Waals surface area contributed by atoms with Crippen molar-refractivity contribution in [2.45, 2.75) is 12.8 Å². The van der Waals surface area contributed by atoms with Crippen molar-refractivity contribution >= 4 is 0 Å². The van der Waals surface area contributed by atoms with E-state index in [1.807, 2.05) is 0 Å². The van der Waals surface area contributed by atoms with Crippen molar-refractivity contribution in [2.75, 3.05) is 6.61 Å². The minimum Gasteiger partial charge on any atom is -0.508 e. The molecule has 0 heterocycles. The predicted molar refractivity (Wildman–Crippen MR) is 52.6 cm³/mol. The Morgan fingerprint density at radius 1 is 1.29 bits per heavy atom. The molecule has 0 saturated heterocycles. The van der Waals surface area contributed by atoms with Crippen LogP contribution in [0.15, 0.2) is 30.4 Å². The van der Waals surface area contributed by atoms with Gasteiger partial charge in [-0.05, 0) is 36.6 Å². The van der Waals surface area contributed by atoms with Gasteiger partial charge in [0.25, 0.3) is 0 Å². The highest BCUT2D eigenvalue weighted by atomic mass is 19.1. The molecule has 0 saturated carbocycles. The van der Waals surface area contributed by atoms with Crippen LogP contribution in [0.2, 0.25) is 0 Å². The van der Waals surface area contributed by atoms with E-state index in [4.69, 9.17) is 5.11 Å². The smallest absolute Gasteiger partial charge is 0.123 e. The average Bonchev–Trinajstić information content (AvgIpc) is 2.18. The fourth-order valence-electron chi connectivity index (χ4n) is 1.19. The molecule has 0 radical (unpaired) electrons. The largest absolute Gasteiger partial charge is 0.508 e. The van der Waals surface area contributed by atoms with Gasteiger partial charge in [0.2, 0.25) is 0 Å². The van der Waals surface area contributed by atoms with Crippen LogP contribution in [0.5, 0.6) is 5.75 Å². The summed E-state index contributed by atoms with van der Waals surface area (Å²) in [5, 5.41) is 17.8. The Morgan fingerprint density at radius 3 is 2.79 bits per heavy atom. The summed E-state index contributed by atoms with van der Waals surface area (Å²) in [5.41, 5.74) is 0.590. The van der Waals surface area contributed by atoms with E-state index in [0.29, 0.717) is 18.4 Å². The van der Waals surface area contributed by atoms with Crippen LogP contribution < -0.4 is 0 Å². The van der Waals surface area contributed by atoms with Gasteiger partial charge in [0.05, 0.1) is 6.61 Å². The fraction of sp³-hybridized carbons (Fsp3) is 0.273. The maximum Gasteiger partial charge on any atom is 0.123 e. The summed E-state index contributed by atoms with van der Waals surface area (Å²) in [6.07, 6.45) is 4.67. The third-order valence-electron chi connectivity index (χ3n) is 1.89. The average molecular weight is 196 g/mol. The molecule has 76 valence electrons. The van der Waals surface area contributed by atoms with Crippen LogP contribution in [0.1, 0.15) is 12.0 Å². The summed E-state index contributed by atoms with van der Waals surface area (Å²) in [6.45, 7) is 0.00906. The van der Waals surface area contributed by atoms with Crippen molar-refractivity contribution < 1.29 is 14.6 Å². The highest BCUT2D eigenvalue weighted by molar-refractivity contribution is 5.32. The van der Waals surface area contributed by atoms with E-state index in [1.54, 1.807) is 12.2 Å². The summed E-state index contributed by atoms with van der Waals surface area (Å²) >= 11 is 0. The van der Waals surface area contributed by atoms with Crippen molar-refractivity contribution in [1.29, 1.82) is 0 Å². The first-order chi connectivity index (χ1) is 6.74. The Morgan fingerprint density at radius 2 is 2.07 bits per heavy atom. The SMILES string of the molecule is OC/C=C\CCc1cc(F)ccc1O. The highest BCUT2D eigenvalue weighted by Crippen LogP contribution is 2.19. The number of hydrogen-bond acceptors (Lipinski definition) is 2. The maximum absolute atomic E-state index is 12.8. The quantitative estimate of drug-likeness (QED) is 0.723. The molecule has 0 fully saturated rings. The van der Waals surface area contributed by atoms with E-state index < -0.39 is 0 Å². The molecule has 2 N–H and O–H groups in total. The van der Waals surface area contributed by atoms with E-state index in [0.717, 1.165) is 0 Å². The summed E-state index contributed by atoms with van der Waals surface area (Å²) in [5.74, 6) is -0.229. The van der Waals surface area contributed by atoms with E-state index in [9.17, 15) is 9.50 Å². The zero-order valence-corrected chi connectivity index (χ0v) is 7.78. The van der Waals surface area contributed by atoms with Crippen LogP contribution in [0.25, 0.3) is 0 Å². The van der Waals surface area contributed by atoms with E-state index in [1.165, 1.54) is 18.2 Å². The second-order valence-electron chi connectivity index (χ2n) is 2.97. The van der Waals surface area contributed by atoms with Gasteiger partial charge in [-0.2, -0.15) is 0 Å². The normalized spacial score (nSPS) is 11.0. The van der Waals surface area contributed by atoms with Crippen LogP contribution in [0.4, 0.5) is 4.39 Å². The number of hydrogen-bond donors (Lipinski definition) is 2. The Kier molecular flexibility index (Phi) is 4.13. The molecule has 0 unspecified atom stereocenters. The predicted octanol–water partition coefficient (Wildman–Crippen LogP) is 2.01. The molecule has 2 nitrogen and oxygen atoms in total. The zero-order valence-electron chi connectivity index (χ0n) is 7.78. The van der Waals surface area contributed by atoms with Crippen LogP contribution >= 0.6 is 0 Å². The molecule has 0 spiro atoms. The van der Waals surface area contributed by atoms with Crippen molar-refractivity contribution in [1.82, 2.24) is 0 Å². The number of aliphatic hydroxyl groups is 1. The van der Waals surface area contributed by atoms with Crippen LogP contribution in [0, 0.1) is 5.82 Å². The molecular formula is C11H13FO2. The summed E-state index contributed by atoms with van der Waals surface area (Å²) < 4.78 is 12.8. The fourth-order valence-corrected chi connectivity index (χ4v) is 1.19. The molecule has 0 aliphatic rings. The number of phenolic OH excluding ortho intramolecular Hbond substituents is 1. The van der Waals surface area contributed by atoms with Crippen molar-refractivity contribution in [2.24, 2.45) is 0 Å². The standard InChI is InChI=1S/C11H13FO2/c12-10-5-6-11(14)9(8-10)4-2-1-3-7-13/h1,3,5-6,8,13-14H,2,4,7H2/b3-1-. The second-order valence-corrected chi connectivity index (χ2v) is 2.97. The van der Waals surface area contributed by atoms with E-state index in [2.05, 4.69) is 0 Å². The van der Waals surface area contributed by atoms with Crippen LogP contribution in [0.3, 0.4) is 0 Å². The lowest BCUT2D eigenvalue weighted by Gasteiger charge is -2.02. The van der Waals surface area contributed by atoms with Gasteiger partial charge in [-0.15, -0.1) is 0 Å². The van der Waals surface area contributed by atoms with Gasteiger partial charge in [0.15, 0.2) is 0 Å². The first-order valence-corrected chi connectivity index (χ1v) is 4.47. The lowest BCUT2D eigenvalue weighted by Crippen LogP contribution is -1.86. The highest BCUT2D eigenvalue weighted by Gasteiger charge is 2.00. The number of rotatable bonds is 4. The molecule has 0 aliphatic carbocycles. The molecule has 3 heteroatoms. The molecule has 14 heavy (non-hydrogen) atoms. The Hall–Kier alpha value is -1.35. The second kappa shape index (κ2) is 5.40. The molecule has 1 aromatic carbocycles. The lowest BCUT2D eigenvalue weighted by atomic mass is 10.1. The third kappa shape index (κ3) is 3.18. The van der Waals surface area contributed by atoms with Gasteiger partial charge in [0.1, 0.15) is 11.6 Å². The number of aryl methyl sites for hydroxylation is 1. The number of benzene rings is 1. The molecule has 1 aromatic rings. The topological polar surface area (TPSA) is 40.5 Å². The third-order valence-corrected chi connectivity index (χ3v) is 1.89. The molecular weight excluding hydrogens is 183 g/mol. The monoisotopic (exact) mass is 196 g/mol. The number of aromatic hydroxyl groups is 1. The van der Waals surface area contributed by atoms with Gasteiger partial charge >= 0.3 is 0 Å². The maximum atomic E-state index is 12.8. The van der Waals surface area contributed by atoms with Crippen molar-refractivity contribution in [3.05, 3.63) is 41.7 Å². The first kappa shape index (κ1) is 10.7. The summed E-state index contributed by atoms with van der Waals surface area (Å²) in [7, 11) is 0. The number of allylic oxidation sites excluding steroid dienone is 1. The van der Waals surface area contributed by atoms with Crippen molar-refractivity contribution in [3.8, 4) is 5.75 Å². The Labute approximate surface area is 82.3 Å². The number of aliphatic hydroxyl groups excluding tert-OH is 1. The summed E-state index contributed by atoms with van der Waals surface area (Å²) in [6, 6.07) is 3.89. The van der Waals surface area contributed by atoms with Gasteiger partial charge < -0.3 is 10.2 Å². The lowest BCUT2D eigenvalue weighted by molar-refractivity contribution is 0.342. The van der Waals surface area contributed by atoms with Crippen molar-refractivity contribution in [3.63, 3.8) is 0 Å². The van der Waals surface area contributed by atoms with E-state index >= 15 is 0 Å². The van der Waals surface area contributed by atoms with Crippen LogP contribution in [-0.4, -0.2) is 16.8 Å². The first-order valence-electron chi connectivity index (χ1n) is 4.47. The molecule has 1 rings (SSSR count). The molecule has 0 atom stereocenters. The summed E-state index contributed by atoms with van der Waals surface area (Å²) in [4.78, 5) is 0. The Balaban J connectivity index is 2.57. The Bertz CT molecular complexity index is 321. The number of halogens is 1. The minimum atomic E-state index is -0.344. The van der Waals surface area contributed by atoms with Gasteiger partial charge in [-0.3, -0.25) is 0 Å². The molecule has 0 aromatic heterocycles. The van der Waals surface area contributed by atoms with Gasteiger partial charge in [0, 0.05) is 0 Å². The number of phenols is 1.